The largest absolute Gasteiger partial charge is 0.479 e. The van der Waals surface area contributed by atoms with Gasteiger partial charge in [0.1, 0.15) is 0 Å². The van der Waals surface area contributed by atoms with Crippen LogP contribution in [0.4, 0.5) is 0 Å². The molecule has 0 saturated heterocycles. The van der Waals surface area contributed by atoms with Crippen molar-refractivity contribution in [3.8, 4) is 0 Å². The van der Waals surface area contributed by atoms with E-state index in [1.54, 1.807) is 6.92 Å². The summed E-state index contributed by atoms with van der Waals surface area (Å²) in [5.74, 6) is -2.88. The molecule has 0 heterocycles. The second-order valence-electron chi connectivity index (χ2n) is 15.4. The highest BCUT2D eigenvalue weighted by Gasteiger charge is 2.55. The monoisotopic (exact) mass is 765 g/mol. The number of ketones is 2. The van der Waals surface area contributed by atoms with Gasteiger partial charge < -0.3 is 24.7 Å². The molecule has 0 aromatic carbocycles. The van der Waals surface area contributed by atoms with E-state index in [0.29, 0.717) is 12.8 Å². The first-order valence-electron chi connectivity index (χ1n) is 21.2. The molecule has 52 heavy (non-hydrogen) atoms. The van der Waals surface area contributed by atoms with E-state index in [4.69, 9.17) is 4.74 Å². The molecule has 0 fully saturated rings. The molecule has 0 spiro atoms. The number of Topliss-reactive ketones (excluding diaryl/α,β-unsaturated/α-hetero) is 2. The average molecular weight is 766 g/mol. The highest BCUT2D eigenvalue weighted by atomic mass is 35.5. The molecule has 0 amide bonds. The number of carbonyl (C=O) groups excluding carboxylic acids is 2. The Hall–Kier alpha value is -1.06. The van der Waals surface area contributed by atoms with E-state index in [1.165, 1.54) is 116 Å². The minimum atomic E-state index is -2.50. The molecule has 0 saturated carbocycles. The molecule has 9 heteroatoms. The molecule has 0 rings (SSSR count). The average Bonchev–Trinajstić information content (AvgIpc) is 3.06. The maximum atomic E-state index is 13.1. The van der Waals surface area contributed by atoms with E-state index in [9.17, 15) is 24.6 Å². The predicted molar refractivity (Wildman–Crippen MR) is 225 cm³/mol. The number of halogens is 1. The van der Waals surface area contributed by atoms with Gasteiger partial charge in [-0.05, 0) is 62.1 Å². The summed E-state index contributed by atoms with van der Waals surface area (Å²) in [5, 5.41) is 20.8. The number of rotatable bonds is 34. The minimum Gasteiger partial charge on any atom is -0.479 e. The lowest BCUT2D eigenvalue weighted by atomic mass is 9.84. The van der Waals surface area contributed by atoms with E-state index in [-0.39, 0.29) is 31.9 Å². The Morgan fingerprint density at radius 2 is 0.750 bits per heavy atom. The van der Waals surface area contributed by atoms with Gasteiger partial charge in [0.15, 0.2) is 17.7 Å². The summed E-state index contributed by atoms with van der Waals surface area (Å²) in [4.78, 5) is 42.2. The Labute approximate surface area is 329 Å². The summed E-state index contributed by atoms with van der Waals surface area (Å²) < 4.78 is 5.40. The van der Waals surface area contributed by atoms with Crippen LogP contribution in [0, 0.1) is 0 Å². The van der Waals surface area contributed by atoms with Crippen LogP contribution >= 0.6 is 12.4 Å². The number of carboxylic acid groups (broad SMARTS) is 1. The molecule has 2 atom stereocenters. The Kier molecular flexibility index (Phi) is 47.3. The number of aliphatic hydroxyl groups is 1. The summed E-state index contributed by atoms with van der Waals surface area (Å²) in [6.45, 7) is 5.99. The normalized spacial score (nSPS) is 12.6. The maximum Gasteiger partial charge on any atom is 0.347 e. The first-order chi connectivity index (χ1) is 24.3. The number of hydrogen-bond acceptors (Lipinski definition) is 7. The Morgan fingerprint density at radius 3 is 1.00 bits per heavy atom. The molecule has 314 valence electrons. The fourth-order valence-electron chi connectivity index (χ4n) is 6.01. The van der Waals surface area contributed by atoms with Gasteiger partial charge in [-0.15, -0.1) is 12.4 Å². The van der Waals surface area contributed by atoms with Gasteiger partial charge in [0.05, 0.1) is 0 Å². The van der Waals surface area contributed by atoms with Crippen molar-refractivity contribution in [3.63, 3.8) is 0 Å². The molecule has 0 radical (unpaired) electrons. The van der Waals surface area contributed by atoms with Crippen LogP contribution in [0.1, 0.15) is 201 Å². The molecule has 0 aromatic heterocycles. The molecular weight excluding hydrogens is 676 g/mol. The number of unbranched alkanes of at least 4 members (excludes halogenated alkanes) is 24. The summed E-state index contributed by atoms with van der Waals surface area (Å²) in [6, 6.07) is 0. The van der Waals surface area contributed by atoms with Gasteiger partial charge in [0.25, 0.3) is 5.60 Å². The van der Waals surface area contributed by atoms with Crippen LogP contribution in [0.5, 0.6) is 0 Å². The number of aliphatic hydroxyl groups excluding tert-OH is 1. The minimum absolute atomic E-state index is 0. The van der Waals surface area contributed by atoms with E-state index in [0.717, 1.165) is 38.5 Å². The zero-order valence-corrected chi connectivity index (χ0v) is 36.7. The van der Waals surface area contributed by atoms with Crippen LogP contribution in [0.15, 0.2) is 0 Å². The summed E-state index contributed by atoms with van der Waals surface area (Å²) >= 11 is 0. The topological polar surface area (TPSA) is 107 Å². The van der Waals surface area contributed by atoms with Crippen molar-refractivity contribution in [3.05, 3.63) is 0 Å². The number of ether oxygens (including phenoxy) is 1. The third-order valence-electron chi connectivity index (χ3n) is 8.83. The second-order valence-corrected chi connectivity index (χ2v) is 15.4. The van der Waals surface area contributed by atoms with Gasteiger partial charge in [0, 0.05) is 19.4 Å². The molecular formula is C43H89ClN2O6. The molecule has 0 aliphatic heterocycles. The van der Waals surface area contributed by atoms with Crippen LogP contribution in [-0.4, -0.2) is 98.1 Å². The van der Waals surface area contributed by atoms with Crippen LogP contribution < -0.4 is 0 Å². The third-order valence-corrected chi connectivity index (χ3v) is 8.83. The van der Waals surface area contributed by atoms with E-state index < -0.39 is 29.2 Å². The highest BCUT2D eigenvalue weighted by molar-refractivity contribution is 6.11. The predicted octanol–water partition coefficient (Wildman–Crippen LogP) is 11.1. The first-order valence-corrected chi connectivity index (χ1v) is 21.2. The Morgan fingerprint density at radius 1 is 0.500 bits per heavy atom. The SMILES string of the molecule is CCCCCCCCCCCCCCCC(=O)C(O)C(OCC)(C(=O)O)C(=O)CCCCCCCCCCCCCCC.CN(C)C.CN(C)C.Cl. The Balaban J connectivity index is -0.00000115. The number of hydrogen-bond donors (Lipinski definition) is 2. The van der Waals surface area contributed by atoms with Crippen molar-refractivity contribution in [2.45, 2.75) is 212 Å². The van der Waals surface area contributed by atoms with Crippen LogP contribution in [0.25, 0.3) is 0 Å². The molecule has 0 aromatic rings. The van der Waals surface area contributed by atoms with E-state index >= 15 is 0 Å². The van der Waals surface area contributed by atoms with Crippen molar-refractivity contribution in [2.24, 2.45) is 0 Å². The van der Waals surface area contributed by atoms with Gasteiger partial charge >= 0.3 is 5.97 Å². The lowest BCUT2D eigenvalue weighted by Crippen LogP contribution is -2.60. The summed E-state index contributed by atoms with van der Waals surface area (Å²) in [6.07, 6.45) is 28.6. The zero-order chi connectivity index (χ0) is 39.2. The molecule has 8 nitrogen and oxygen atoms in total. The fraction of sp³-hybridized carbons (Fsp3) is 0.930. The summed E-state index contributed by atoms with van der Waals surface area (Å²) in [7, 11) is 12.0. The second kappa shape index (κ2) is 42.7. The lowest BCUT2D eigenvalue weighted by molar-refractivity contribution is -0.189. The summed E-state index contributed by atoms with van der Waals surface area (Å²) in [5.41, 5.74) is -2.50. The third kappa shape index (κ3) is 37.3. The molecule has 0 aliphatic carbocycles. The molecule has 0 aliphatic rings. The maximum absolute atomic E-state index is 13.1. The van der Waals surface area contributed by atoms with E-state index in [1.807, 2.05) is 52.1 Å². The number of carbonyl (C=O) groups is 3. The van der Waals surface area contributed by atoms with Crippen molar-refractivity contribution in [1.29, 1.82) is 0 Å². The van der Waals surface area contributed by atoms with Crippen LogP contribution in [0.2, 0.25) is 0 Å². The van der Waals surface area contributed by atoms with Crippen LogP contribution in [0.3, 0.4) is 0 Å². The number of nitrogens with zero attached hydrogens (tertiary/aromatic N) is 2. The van der Waals surface area contributed by atoms with Gasteiger partial charge in [-0.3, -0.25) is 9.59 Å². The quantitative estimate of drug-likeness (QED) is 0.0493. The smallest absolute Gasteiger partial charge is 0.347 e. The number of carboxylic acids is 1. The Bertz CT molecular complexity index is 771. The van der Waals surface area contributed by atoms with Crippen molar-refractivity contribution in [2.75, 3.05) is 48.9 Å². The standard InChI is InChI=1S/C37H70O6.2C3H9N.ClH/c1-4-7-9-11-13-15-17-19-21-23-25-27-29-31-33(38)35(40)37(36(41)42,43-6-3)34(39)32-30-28-26-24-22-20-18-16-14-12-10-8-5-2;2*1-4(2)3;/h35,40H,4-32H2,1-3H3,(H,41,42);2*1-3H3;1H. The lowest BCUT2D eigenvalue weighted by Gasteiger charge is -2.31. The van der Waals surface area contributed by atoms with Crippen LogP contribution in [-0.2, 0) is 19.1 Å². The molecule has 0 bridgehead atoms. The van der Waals surface area contributed by atoms with Gasteiger partial charge in [-0.2, -0.15) is 0 Å². The highest BCUT2D eigenvalue weighted by Crippen LogP contribution is 2.25. The first kappa shape index (κ1) is 57.7. The fourth-order valence-corrected chi connectivity index (χ4v) is 6.01. The molecule has 2 unspecified atom stereocenters. The van der Waals surface area contributed by atoms with Gasteiger partial charge in [0.2, 0.25) is 0 Å². The van der Waals surface area contributed by atoms with Crippen molar-refractivity contribution in [1.82, 2.24) is 9.80 Å². The van der Waals surface area contributed by atoms with E-state index in [2.05, 4.69) is 13.8 Å². The zero-order valence-electron chi connectivity index (χ0n) is 35.9. The van der Waals surface area contributed by atoms with Gasteiger partial charge in [-0.1, -0.05) is 168 Å². The van der Waals surface area contributed by atoms with Crippen molar-refractivity contribution < 1.29 is 29.3 Å². The van der Waals surface area contributed by atoms with Crippen molar-refractivity contribution >= 4 is 29.9 Å². The van der Waals surface area contributed by atoms with Gasteiger partial charge in [-0.25, -0.2) is 4.79 Å². The number of aliphatic carboxylic acids is 1. The molecule has 2 N–H and O–H groups in total.